The number of thiazole rings is 1. The highest BCUT2D eigenvalue weighted by Crippen LogP contribution is 2.30. The van der Waals surface area contributed by atoms with E-state index >= 15 is 0 Å². The number of aliphatic hydroxyl groups is 1. The first-order valence-electron chi connectivity index (χ1n) is 5.00. The lowest BCUT2D eigenvalue weighted by Crippen LogP contribution is -1.86. The van der Waals surface area contributed by atoms with Crippen molar-refractivity contribution in [1.29, 1.82) is 0 Å². The van der Waals surface area contributed by atoms with E-state index in [9.17, 15) is 4.39 Å². The molecule has 0 atom stereocenters. The second kappa shape index (κ2) is 3.94. The molecule has 3 aromatic rings. The van der Waals surface area contributed by atoms with Crippen LogP contribution in [0.3, 0.4) is 0 Å². The highest BCUT2D eigenvalue weighted by atomic mass is 32.1. The lowest BCUT2D eigenvalue weighted by molar-refractivity contribution is 0.278. The molecule has 3 nitrogen and oxygen atoms in total. The molecule has 0 amide bonds. The van der Waals surface area contributed by atoms with E-state index in [0.717, 1.165) is 5.39 Å². The van der Waals surface area contributed by atoms with Gasteiger partial charge in [0.05, 0.1) is 18.6 Å². The number of aromatic nitrogens is 1. The predicted molar refractivity (Wildman–Crippen MR) is 63.2 cm³/mol. The summed E-state index contributed by atoms with van der Waals surface area (Å²) in [6.07, 6.45) is 1.52. The van der Waals surface area contributed by atoms with Gasteiger partial charge in [-0.15, -0.1) is 11.3 Å². The summed E-state index contributed by atoms with van der Waals surface area (Å²) in [6.45, 7) is -0.133. The van der Waals surface area contributed by atoms with E-state index in [1.807, 2.05) is 0 Å². The van der Waals surface area contributed by atoms with Crippen molar-refractivity contribution in [3.8, 4) is 10.6 Å². The third-order valence-corrected chi connectivity index (χ3v) is 3.41. The van der Waals surface area contributed by atoms with Gasteiger partial charge in [-0.1, -0.05) is 0 Å². The zero-order chi connectivity index (χ0) is 11.8. The van der Waals surface area contributed by atoms with Crippen LogP contribution in [0.1, 0.15) is 5.69 Å². The molecule has 1 aromatic carbocycles. The minimum Gasteiger partial charge on any atom is -0.464 e. The van der Waals surface area contributed by atoms with Crippen molar-refractivity contribution in [2.24, 2.45) is 0 Å². The summed E-state index contributed by atoms with van der Waals surface area (Å²) in [7, 11) is 0. The number of hydrogen-bond acceptors (Lipinski definition) is 4. The minimum atomic E-state index is -0.369. The first-order chi connectivity index (χ1) is 8.28. The summed E-state index contributed by atoms with van der Waals surface area (Å²) in [5.74, 6) is -0.369. The molecule has 0 fully saturated rings. The van der Waals surface area contributed by atoms with Crippen LogP contribution in [0.5, 0.6) is 0 Å². The molecule has 1 N–H and O–H groups in total. The summed E-state index contributed by atoms with van der Waals surface area (Å²) < 4.78 is 19.0. The fourth-order valence-electron chi connectivity index (χ4n) is 1.65. The fraction of sp³-hybridized carbons (Fsp3) is 0.0833. The highest BCUT2D eigenvalue weighted by Gasteiger charge is 2.12. The molecule has 0 aliphatic rings. The molecular formula is C12H8FNO2S. The summed E-state index contributed by atoms with van der Waals surface area (Å²) in [4.78, 5) is 4.15. The van der Waals surface area contributed by atoms with Crippen LogP contribution in [0.25, 0.3) is 21.5 Å². The number of nitrogens with zero attached hydrogens (tertiary/aromatic N) is 1. The Labute approximate surface area is 100 Å². The molecular weight excluding hydrogens is 241 g/mol. The lowest BCUT2D eigenvalue weighted by Gasteiger charge is -1.99. The van der Waals surface area contributed by atoms with Crippen molar-refractivity contribution in [3.05, 3.63) is 41.4 Å². The van der Waals surface area contributed by atoms with Gasteiger partial charge in [0, 0.05) is 22.4 Å². The van der Waals surface area contributed by atoms with Crippen LogP contribution in [0.15, 0.2) is 34.3 Å². The van der Waals surface area contributed by atoms with Crippen molar-refractivity contribution in [2.75, 3.05) is 0 Å². The lowest BCUT2D eigenvalue weighted by atomic mass is 10.1. The minimum absolute atomic E-state index is 0.133. The molecule has 86 valence electrons. The van der Waals surface area contributed by atoms with Gasteiger partial charge in [0.15, 0.2) is 0 Å². The van der Waals surface area contributed by atoms with Gasteiger partial charge in [0.1, 0.15) is 16.4 Å². The predicted octanol–water partition coefficient (Wildman–Crippen LogP) is 3.19. The smallest absolute Gasteiger partial charge is 0.137 e. The maximum absolute atomic E-state index is 13.8. The molecule has 0 radical (unpaired) electrons. The second-order valence-corrected chi connectivity index (χ2v) is 4.45. The monoisotopic (exact) mass is 249 g/mol. The Bertz CT molecular complexity index is 674. The second-order valence-electron chi connectivity index (χ2n) is 3.59. The Balaban J connectivity index is 2.18. The SMILES string of the molecule is OCc1csc(-c2cc3ccoc3cc2F)n1. The third-order valence-electron chi connectivity index (χ3n) is 2.49. The van der Waals surface area contributed by atoms with Gasteiger partial charge in [0.25, 0.3) is 0 Å². The standard InChI is InChI=1S/C12H8FNO2S/c13-10-4-11-7(1-2-16-11)3-9(10)12-14-8(5-15)6-17-12/h1-4,6,15H,5H2. The van der Waals surface area contributed by atoms with Gasteiger partial charge in [-0.2, -0.15) is 0 Å². The van der Waals surface area contributed by atoms with Crippen LogP contribution in [-0.2, 0) is 6.61 Å². The number of hydrogen-bond donors (Lipinski definition) is 1. The Morgan fingerprint density at radius 2 is 2.29 bits per heavy atom. The van der Waals surface area contributed by atoms with E-state index in [1.165, 1.54) is 23.7 Å². The maximum atomic E-state index is 13.8. The third kappa shape index (κ3) is 1.73. The Morgan fingerprint density at radius 1 is 1.41 bits per heavy atom. The zero-order valence-corrected chi connectivity index (χ0v) is 9.50. The Morgan fingerprint density at radius 3 is 3.06 bits per heavy atom. The highest BCUT2D eigenvalue weighted by molar-refractivity contribution is 7.13. The number of benzene rings is 1. The number of rotatable bonds is 2. The van der Waals surface area contributed by atoms with Crippen molar-refractivity contribution < 1.29 is 13.9 Å². The molecule has 3 rings (SSSR count). The first kappa shape index (κ1) is 10.4. The van der Waals surface area contributed by atoms with E-state index in [1.54, 1.807) is 17.5 Å². The number of aliphatic hydroxyl groups excluding tert-OH is 1. The van der Waals surface area contributed by atoms with Crippen LogP contribution >= 0.6 is 11.3 Å². The summed E-state index contributed by atoms with van der Waals surface area (Å²) in [5.41, 5.74) is 1.51. The van der Waals surface area contributed by atoms with Gasteiger partial charge in [-0.3, -0.25) is 0 Å². The first-order valence-corrected chi connectivity index (χ1v) is 5.88. The summed E-state index contributed by atoms with van der Waals surface area (Å²) in [5, 5.41) is 12.1. The van der Waals surface area contributed by atoms with Gasteiger partial charge < -0.3 is 9.52 Å². The van der Waals surface area contributed by atoms with Crippen LogP contribution in [0.2, 0.25) is 0 Å². The van der Waals surface area contributed by atoms with Crippen molar-refractivity contribution in [3.63, 3.8) is 0 Å². The van der Waals surface area contributed by atoms with Crippen LogP contribution in [-0.4, -0.2) is 10.1 Å². The van der Waals surface area contributed by atoms with Gasteiger partial charge >= 0.3 is 0 Å². The topological polar surface area (TPSA) is 46.3 Å². The molecule has 5 heteroatoms. The van der Waals surface area contributed by atoms with E-state index in [2.05, 4.69) is 4.98 Å². The molecule has 17 heavy (non-hydrogen) atoms. The molecule has 0 spiro atoms. The molecule has 0 aliphatic carbocycles. The van der Waals surface area contributed by atoms with Crippen LogP contribution < -0.4 is 0 Å². The molecule has 0 bridgehead atoms. The van der Waals surface area contributed by atoms with Gasteiger partial charge in [-0.25, -0.2) is 9.37 Å². The van der Waals surface area contributed by atoms with Crippen molar-refractivity contribution in [2.45, 2.75) is 6.61 Å². The van der Waals surface area contributed by atoms with Crippen molar-refractivity contribution >= 4 is 22.3 Å². The Hall–Kier alpha value is -1.72. The van der Waals surface area contributed by atoms with Crippen LogP contribution in [0.4, 0.5) is 4.39 Å². The quantitative estimate of drug-likeness (QED) is 0.758. The molecule has 0 unspecified atom stereocenters. The van der Waals surface area contributed by atoms with Gasteiger partial charge in [-0.05, 0) is 12.1 Å². The number of fused-ring (bicyclic) bond motifs is 1. The number of halogens is 1. The molecule has 2 aromatic heterocycles. The normalized spacial score (nSPS) is 11.2. The van der Waals surface area contributed by atoms with Gasteiger partial charge in [0.2, 0.25) is 0 Å². The summed E-state index contributed by atoms with van der Waals surface area (Å²) >= 11 is 1.31. The molecule has 0 aliphatic heterocycles. The van der Waals surface area contributed by atoms with E-state index < -0.39 is 0 Å². The van der Waals surface area contributed by atoms with Crippen molar-refractivity contribution in [1.82, 2.24) is 4.98 Å². The van der Waals surface area contributed by atoms with E-state index in [4.69, 9.17) is 9.52 Å². The largest absolute Gasteiger partial charge is 0.464 e. The zero-order valence-electron chi connectivity index (χ0n) is 8.68. The number of furan rings is 1. The average Bonchev–Trinajstić information content (AvgIpc) is 2.94. The average molecular weight is 249 g/mol. The Kier molecular flexibility index (Phi) is 2.42. The molecule has 2 heterocycles. The fourth-order valence-corrected chi connectivity index (χ4v) is 2.48. The van der Waals surface area contributed by atoms with Crippen LogP contribution in [0, 0.1) is 5.82 Å². The van der Waals surface area contributed by atoms with E-state index in [0.29, 0.717) is 21.8 Å². The summed E-state index contributed by atoms with van der Waals surface area (Å²) in [6, 6.07) is 4.83. The molecule has 0 saturated carbocycles. The van der Waals surface area contributed by atoms with E-state index in [-0.39, 0.29) is 12.4 Å². The molecule has 0 saturated heterocycles. The maximum Gasteiger partial charge on any atom is 0.137 e.